The van der Waals surface area contributed by atoms with Crippen LogP contribution in [-0.4, -0.2) is 21.6 Å². The number of amides is 1. The van der Waals surface area contributed by atoms with E-state index in [2.05, 4.69) is 39.4 Å². The van der Waals surface area contributed by atoms with Gasteiger partial charge in [-0.25, -0.2) is 9.97 Å². The fourth-order valence-corrected chi connectivity index (χ4v) is 2.66. The van der Waals surface area contributed by atoms with E-state index in [4.69, 9.17) is 0 Å². The van der Waals surface area contributed by atoms with Gasteiger partial charge in [0.1, 0.15) is 0 Å². The molecule has 148 valence electrons. The molecule has 1 amide bonds. The van der Waals surface area contributed by atoms with E-state index < -0.39 is 0 Å². The second-order valence-electron chi connectivity index (χ2n) is 6.80. The number of allylic oxidation sites excluding steroid dienone is 2. The molecule has 0 aliphatic carbocycles. The Balaban J connectivity index is 2.12. The number of rotatable bonds is 8. The van der Waals surface area contributed by atoms with Gasteiger partial charge in [-0.1, -0.05) is 25.5 Å². The Hall–Kier alpha value is -3.02. The molecule has 2 N–H and O–H groups in total. The van der Waals surface area contributed by atoms with E-state index in [0.717, 1.165) is 46.8 Å². The van der Waals surface area contributed by atoms with E-state index in [-0.39, 0.29) is 5.91 Å². The molecule has 2 aromatic rings. The van der Waals surface area contributed by atoms with E-state index >= 15 is 0 Å². The normalized spacial score (nSPS) is 12.4. The lowest BCUT2D eigenvalue weighted by atomic mass is 10.1. The molecule has 6 heteroatoms. The number of aliphatic imine (C=N–C) groups is 1. The second-order valence-corrected chi connectivity index (χ2v) is 6.80. The fourth-order valence-electron chi connectivity index (χ4n) is 2.66. The standard InChI is InChI=1S/C22H29N5O/c1-6-7-15(2)25-17(4)16(3)21-12-13-23-22(27-21)26-20-10-8-19(9-11-20)14-24-18(5)28/h8-13H,6-7,14H2,1-5H3,(H,24,28)(H,23,26,27)/b17-16+,25-15?. The Kier molecular flexibility index (Phi) is 7.87. The van der Waals surface area contributed by atoms with Crippen molar-refractivity contribution in [2.45, 2.75) is 54.0 Å². The molecule has 0 radical (unpaired) electrons. The average molecular weight is 380 g/mol. The van der Waals surface area contributed by atoms with Gasteiger partial charge < -0.3 is 10.6 Å². The average Bonchev–Trinajstić information content (AvgIpc) is 2.67. The lowest BCUT2D eigenvalue weighted by Crippen LogP contribution is -2.18. The number of nitrogens with one attached hydrogen (secondary N) is 2. The van der Waals surface area contributed by atoms with Gasteiger partial charge in [0.15, 0.2) is 0 Å². The molecule has 0 atom stereocenters. The molecule has 0 aliphatic heterocycles. The molecular formula is C22H29N5O. The van der Waals surface area contributed by atoms with Crippen LogP contribution in [0.2, 0.25) is 0 Å². The first kappa shape index (κ1) is 21.3. The van der Waals surface area contributed by atoms with Crippen LogP contribution in [0.3, 0.4) is 0 Å². The van der Waals surface area contributed by atoms with E-state index in [1.807, 2.05) is 44.2 Å². The number of hydrogen-bond acceptors (Lipinski definition) is 5. The highest BCUT2D eigenvalue weighted by atomic mass is 16.1. The number of carbonyl (C=O) groups is 1. The second kappa shape index (κ2) is 10.3. The number of carbonyl (C=O) groups excluding carboxylic acids is 1. The summed E-state index contributed by atoms with van der Waals surface area (Å²) in [5.41, 5.74) is 5.91. The van der Waals surface area contributed by atoms with Gasteiger partial charge in [-0.2, -0.15) is 0 Å². The molecule has 0 unspecified atom stereocenters. The van der Waals surface area contributed by atoms with Gasteiger partial charge in [-0.15, -0.1) is 0 Å². The van der Waals surface area contributed by atoms with E-state index in [0.29, 0.717) is 12.5 Å². The molecule has 1 aromatic carbocycles. The van der Waals surface area contributed by atoms with Gasteiger partial charge in [0.25, 0.3) is 0 Å². The van der Waals surface area contributed by atoms with Crippen molar-refractivity contribution in [2.24, 2.45) is 4.99 Å². The van der Waals surface area contributed by atoms with E-state index in [9.17, 15) is 4.79 Å². The summed E-state index contributed by atoms with van der Waals surface area (Å²) in [6, 6.07) is 9.70. The van der Waals surface area contributed by atoms with Crippen LogP contribution in [0.4, 0.5) is 11.6 Å². The van der Waals surface area contributed by atoms with Crippen LogP contribution in [-0.2, 0) is 11.3 Å². The van der Waals surface area contributed by atoms with Crippen molar-refractivity contribution in [1.82, 2.24) is 15.3 Å². The number of aromatic nitrogens is 2. The third-order valence-corrected chi connectivity index (χ3v) is 4.30. The van der Waals surface area contributed by atoms with E-state index in [1.54, 1.807) is 6.20 Å². The van der Waals surface area contributed by atoms with Gasteiger partial charge >= 0.3 is 0 Å². The van der Waals surface area contributed by atoms with Gasteiger partial charge in [-0.3, -0.25) is 9.79 Å². The first-order valence-corrected chi connectivity index (χ1v) is 9.54. The van der Waals surface area contributed by atoms with Crippen molar-refractivity contribution in [3.8, 4) is 0 Å². The predicted octanol–water partition coefficient (Wildman–Crippen LogP) is 4.87. The molecule has 0 saturated carbocycles. The molecule has 0 aliphatic rings. The third kappa shape index (κ3) is 6.61. The smallest absolute Gasteiger partial charge is 0.227 e. The summed E-state index contributed by atoms with van der Waals surface area (Å²) in [4.78, 5) is 24.6. The summed E-state index contributed by atoms with van der Waals surface area (Å²) in [5, 5.41) is 6.01. The predicted molar refractivity (Wildman–Crippen MR) is 116 cm³/mol. The SMILES string of the molecule is CCCC(C)=N/C(C)=C(\C)c1ccnc(Nc2ccc(CNC(C)=O)cc2)n1. The molecule has 0 fully saturated rings. The summed E-state index contributed by atoms with van der Waals surface area (Å²) >= 11 is 0. The largest absolute Gasteiger partial charge is 0.352 e. The van der Waals surface area contributed by atoms with Crippen molar-refractivity contribution in [2.75, 3.05) is 5.32 Å². The summed E-state index contributed by atoms with van der Waals surface area (Å²) in [7, 11) is 0. The summed E-state index contributed by atoms with van der Waals surface area (Å²) in [6.07, 6.45) is 3.83. The van der Waals surface area contributed by atoms with Crippen LogP contribution in [0.25, 0.3) is 5.57 Å². The third-order valence-electron chi connectivity index (χ3n) is 4.30. The zero-order chi connectivity index (χ0) is 20.5. The van der Waals surface area contributed by atoms with Crippen molar-refractivity contribution in [3.63, 3.8) is 0 Å². The minimum atomic E-state index is -0.0413. The van der Waals surface area contributed by atoms with Gasteiger partial charge in [-0.05, 0) is 56.5 Å². The van der Waals surface area contributed by atoms with Crippen LogP contribution < -0.4 is 10.6 Å². The first-order chi connectivity index (χ1) is 13.4. The molecule has 1 aromatic heterocycles. The molecule has 0 saturated heterocycles. The Bertz CT molecular complexity index is 869. The maximum absolute atomic E-state index is 11.0. The highest BCUT2D eigenvalue weighted by Crippen LogP contribution is 2.20. The minimum absolute atomic E-state index is 0.0413. The van der Waals surface area contributed by atoms with E-state index in [1.165, 1.54) is 6.92 Å². The highest BCUT2D eigenvalue weighted by Gasteiger charge is 2.06. The molecule has 1 heterocycles. The van der Waals surface area contributed by atoms with Crippen LogP contribution in [0.1, 0.15) is 58.7 Å². The molecular weight excluding hydrogens is 350 g/mol. The monoisotopic (exact) mass is 379 g/mol. The maximum Gasteiger partial charge on any atom is 0.227 e. The van der Waals surface area contributed by atoms with Gasteiger partial charge in [0.2, 0.25) is 11.9 Å². The molecule has 28 heavy (non-hydrogen) atoms. The molecule has 6 nitrogen and oxygen atoms in total. The molecule has 0 bridgehead atoms. The minimum Gasteiger partial charge on any atom is -0.352 e. The van der Waals surface area contributed by atoms with Crippen molar-refractivity contribution in [1.29, 1.82) is 0 Å². The Morgan fingerprint density at radius 3 is 2.43 bits per heavy atom. The fraction of sp³-hybridized carbons (Fsp3) is 0.364. The van der Waals surface area contributed by atoms with Crippen molar-refractivity contribution >= 4 is 28.8 Å². The Morgan fingerprint density at radius 1 is 1.07 bits per heavy atom. The number of benzene rings is 1. The van der Waals surface area contributed by atoms with Crippen LogP contribution in [0, 0.1) is 0 Å². The van der Waals surface area contributed by atoms with Crippen LogP contribution >= 0.6 is 0 Å². The topological polar surface area (TPSA) is 79.3 Å². The Morgan fingerprint density at radius 2 is 1.79 bits per heavy atom. The quantitative estimate of drug-likeness (QED) is 0.642. The Labute approximate surface area is 167 Å². The first-order valence-electron chi connectivity index (χ1n) is 9.54. The van der Waals surface area contributed by atoms with Crippen molar-refractivity contribution in [3.05, 3.63) is 53.5 Å². The highest BCUT2D eigenvalue weighted by molar-refractivity contribution is 5.84. The van der Waals surface area contributed by atoms with Crippen LogP contribution in [0.5, 0.6) is 0 Å². The van der Waals surface area contributed by atoms with Crippen LogP contribution in [0.15, 0.2) is 47.2 Å². The lowest BCUT2D eigenvalue weighted by molar-refractivity contribution is -0.119. The summed E-state index contributed by atoms with van der Waals surface area (Å²) < 4.78 is 0. The van der Waals surface area contributed by atoms with Crippen molar-refractivity contribution < 1.29 is 4.79 Å². The maximum atomic E-state index is 11.0. The number of anilines is 2. The lowest BCUT2D eigenvalue weighted by Gasteiger charge is -2.09. The molecule has 0 spiro atoms. The number of nitrogens with zero attached hydrogens (tertiary/aromatic N) is 3. The van der Waals surface area contributed by atoms with Gasteiger partial charge in [0, 0.05) is 36.8 Å². The number of hydrogen-bond donors (Lipinski definition) is 2. The molecule has 2 rings (SSSR count). The zero-order valence-corrected chi connectivity index (χ0v) is 17.3. The summed E-state index contributed by atoms with van der Waals surface area (Å²) in [6.45, 7) is 10.3. The van der Waals surface area contributed by atoms with Gasteiger partial charge in [0.05, 0.1) is 5.69 Å². The zero-order valence-electron chi connectivity index (χ0n) is 17.3. The summed E-state index contributed by atoms with van der Waals surface area (Å²) in [5.74, 6) is 0.494.